The smallest absolute Gasteiger partial charge is 0.145 e. The van der Waals surface area contributed by atoms with Crippen LogP contribution in [0.2, 0.25) is 0 Å². The van der Waals surface area contributed by atoms with E-state index in [-0.39, 0.29) is 0 Å². The lowest BCUT2D eigenvalue weighted by atomic mass is 9.95. The molecule has 0 saturated heterocycles. The van der Waals surface area contributed by atoms with E-state index in [4.69, 9.17) is 4.42 Å². The molecule has 0 N–H and O–H groups in total. The third kappa shape index (κ3) is 4.96. The first-order chi connectivity index (χ1) is 28.3. The van der Waals surface area contributed by atoms with E-state index in [2.05, 4.69) is 205 Å². The normalized spacial score (nSPS) is 11.9. The SMILES string of the molecule is c1ccc(-c2cccc3c2sc2cccc(N(c4ccc5c(ccc6ccccc65)c4)c4ccc(-c5cccc6ccccc56)c5oc6ccccc6c45)c23)cc1. The van der Waals surface area contributed by atoms with Crippen molar-refractivity contribution < 1.29 is 4.42 Å². The fraction of sp³-hybridized carbons (Fsp3) is 0. The Hall–Kier alpha value is -7.20. The van der Waals surface area contributed by atoms with Crippen LogP contribution in [0.25, 0.3) is 96.7 Å². The van der Waals surface area contributed by atoms with Gasteiger partial charge in [0.2, 0.25) is 0 Å². The average molecular weight is 744 g/mol. The minimum Gasteiger partial charge on any atom is -0.455 e. The Balaban J connectivity index is 1.19. The average Bonchev–Trinajstić information content (AvgIpc) is 3.86. The molecule has 12 aromatic rings. The molecule has 0 saturated carbocycles. The number of para-hydroxylation sites is 1. The molecule has 12 rings (SSSR count). The van der Waals surface area contributed by atoms with Gasteiger partial charge >= 0.3 is 0 Å². The van der Waals surface area contributed by atoms with E-state index in [9.17, 15) is 0 Å². The highest BCUT2D eigenvalue weighted by Gasteiger charge is 2.25. The number of fused-ring (bicyclic) bond motifs is 10. The second kappa shape index (κ2) is 12.7. The van der Waals surface area contributed by atoms with Crippen LogP contribution in [0.15, 0.2) is 205 Å². The second-order valence-electron chi connectivity index (χ2n) is 14.8. The summed E-state index contributed by atoms with van der Waals surface area (Å²) in [6.07, 6.45) is 0. The van der Waals surface area contributed by atoms with Gasteiger partial charge in [-0.1, -0.05) is 158 Å². The summed E-state index contributed by atoms with van der Waals surface area (Å²) in [5, 5.41) is 12.0. The molecule has 0 spiro atoms. The Bertz CT molecular complexity index is 3530. The van der Waals surface area contributed by atoms with E-state index in [0.29, 0.717) is 0 Å². The van der Waals surface area contributed by atoms with Gasteiger partial charge in [-0.15, -0.1) is 11.3 Å². The van der Waals surface area contributed by atoms with Crippen molar-refractivity contribution in [2.75, 3.05) is 4.90 Å². The zero-order valence-corrected chi connectivity index (χ0v) is 31.6. The zero-order valence-electron chi connectivity index (χ0n) is 30.8. The van der Waals surface area contributed by atoms with Crippen molar-refractivity contribution in [2.24, 2.45) is 0 Å². The highest BCUT2D eigenvalue weighted by molar-refractivity contribution is 7.26. The van der Waals surface area contributed by atoms with Gasteiger partial charge in [-0.3, -0.25) is 0 Å². The van der Waals surface area contributed by atoms with Gasteiger partial charge in [0.25, 0.3) is 0 Å². The molecule has 0 radical (unpaired) electrons. The van der Waals surface area contributed by atoms with Crippen molar-refractivity contribution in [3.05, 3.63) is 200 Å². The van der Waals surface area contributed by atoms with Crippen LogP contribution < -0.4 is 4.90 Å². The molecule has 0 atom stereocenters. The molecule has 0 aliphatic carbocycles. The van der Waals surface area contributed by atoms with Gasteiger partial charge in [-0.05, 0) is 91.5 Å². The molecule has 2 nitrogen and oxygen atoms in total. The van der Waals surface area contributed by atoms with Gasteiger partial charge in [0, 0.05) is 36.8 Å². The predicted molar refractivity (Wildman–Crippen MR) is 245 cm³/mol. The molecule has 0 aliphatic heterocycles. The van der Waals surface area contributed by atoms with Crippen molar-refractivity contribution in [2.45, 2.75) is 0 Å². The molecule has 2 aromatic heterocycles. The first-order valence-electron chi connectivity index (χ1n) is 19.4. The van der Waals surface area contributed by atoms with Crippen LogP contribution in [0.1, 0.15) is 0 Å². The van der Waals surface area contributed by atoms with Gasteiger partial charge in [-0.25, -0.2) is 0 Å². The monoisotopic (exact) mass is 743 g/mol. The van der Waals surface area contributed by atoms with E-state index in [1.807, 2.05) is 11.3 Å². The molecule has 0 fully saturated rings. The lowest BCUT2D eigenvalue weighted by Gasteiger charge is -2.28. The number of anilines is 3. The van der Waals surface area contributed by atoms with E-state index >= 15 is 0 Å². The van der Waals surface area contributed by atoms with Crippen molar-refractivity contribution >= 4 is 103 Å². The molecule has 0 amide bonds. The fourth-order valence-corrected chi connectivity index (χ4v) is 10.3. The van der Waals surface area contributed by atoms with Gasteiger partial charge in [0.15, 0.2) is 0 Å². The summed E-state index contributed by atoms with van der Waals surface area (Å²) < 4.78 is 9.50. The Morgan fingerprint density at radius 1 is 0.386 bits per heavy atom. The number of thiophene rings is 1. The summed E-state index contributed by atoms with van der Waals surface area (Å²) in [5.74, 6) is 0. The summed E-state index contributed by atoms with van der Waals surface area (Å²) in [6.45, 7) is 0. The quantitative estimate of drug-likeness (QED) is 0.163. The van der Waals surface area contributed by atoms with Crippen LogP contribution in [0.4, 0.5) is 17.1 Å². The molecule has 3 heteroatoms. The molecule has 0 bridgehead atoms. The van der Waals surface area contributed by atoms with E-state index < -0.39 is 0 Å². The Morgan fingerprint density at radius 3 is 1.93 bits per heavy atom. The summed E-state index contributed by atoms with van der Waals surface area (Å²) in [6, 6.07) is 72.7. The maximum Gasteiger partial charge on any atom is 0.145 e. The number of rotatable bonds is 5. The highest BCUT2D eigenvalue weighted by Crippen LogP contribution is 2.51. The zero-order chi connectivity index (χ0) is 37.5. The van der Waals surface area contributed by atoms with Gasteiger partial charge < -0.3 is 9.32 Å². The summed E-state index contributed by atoms with van der Waals surface area (Å²) >= 11 is 1.87. The number of nitrogens with zero attached hydrogens (tertiary/aromatic N) is 1. The maximum absolute atomic E-state index is 6.95. The summed E-state index contributed by atoms with van der Waals surface area (Å²) in [4.78, 5) is 2.48. The topological polar surface area (TPSA) is 16.4 Å². The maximum atomic E-state index is 6.95. The van der Waals surface area contributed by atoms with Crippen LogP contribution >= 0.6 is 11.3 Å². The van der Waals surface area contributed by atoms with Crippen LogP contribution in [-0.2, 0) is 0 Å². The third-order valence-electron chi connectivity index (χ3n) is 11.6. The molecule has 0 aliphatic rings. The molecule has 0 unspecified atom stereocenters. The lowest BCUT2D eigenvalue weighted by Crippen LogP contribution is -2.11. The first-order valence-corrected chi connectivity index (χ1v) is 20.2. The lowest BCUT2D eigenvalue weighted by molar-refractivity contribution is 0.670. The van der Waals surface area contributed by atoms with E-state index in [1.54, 1.807) is 0 Å². The molecule has 57 heavy (non-hydrogen) atoms. The Kier molecular flexibility index (Phi) is 7.13. The predicted octanol–water partition coefficient (Wildman–Crippen LogP) is 16.2. The van der Waals surface area contributed by atoms with Crippen molar-refractivity contribution in [1.29, 1.82) is 0 Å². The summed E-state index contributed by atoms with van der Waals surface area (Å²) in [7, 11) is 0. The largest absolute Gasteiger partial charge is 0.455 e. The van der Waals surface area contributed by atoms with Crippen molar-refractivity contribution in [3.8, 4) is 22.3 Å². The minimum absolute atomic E-state index is 0.873. The van der Waals surface area contributed by atoms with Gasteiger partial charge in [0.05, 0.1) is 16.8 Å². The van der Waals surface area contributed by atoms with Crippen LogP contribution in [0, 0.1) is 0 Å². The Labute approximate surface area is 333 Å². The number of hydrogen-bond donors (Lipinski definition) is 0. The third-order valence-corrected chi connectivity index (χ3v) is 12.8. The number of hydrogen-bond acceptors (Lipinski definition) is 3. The van der Waals surface area contributed by atoms with Crippen molar-refractivity contribution in [3.63, 3.8) is 0 Å². The fourth-order valence-electron chi connectivity index (χ4n) is 9.08. The highest BCUT2D eigenvalue weighted by atomic mass is 32.1. The minimum atomic E-state index is 0.873. The molecular formula is C54H33NOS. The van der Waals surface area contributed by atoms with Crippen LogP contribution in [-0.4, -0.2) is 0 Å². The van der Waals surface area contributed by atoms with Gasteiger partial charge in [0.1, 0.15) is 11.2 Å². The van der Waals surface area contributed by atoms with E-state index in [1.165, 1.54) is 63.6 Å². The van der Waals surface area contributed by atoms with Gasteiger partial charge in [-0.2, -0.15) is 0 Å². The number of benzene rings is 10. The molecule has 10 aromatic carbocycles. The standard InChI is InChI=1S/C54H33NOS/c1-2-13-35(14-3-1)42-21-11-23-46-51-47(24-12-26-50(51)57-54(42)46)55(38-29-30-41-37(33-38)28-27-36-16-5-6-18-39(36)41)48-32-31-44(43-22-10-17-34-15-4-7-19-40(34)43)53-52(48)45-20-8-9-25-49(45)56-53/h1-33H. The Morgan fingerprint density at radius 2 is 1.04 bits per heavy atom. The van der Waals surface area contributed by atoms with Crippen LogP contribution in [0.5, 0.6) is 0 Å². The molecule has 266 valence electrons. The summed E-state index contributed by atoms with van der Waals surface area (Å²) in [5.41, 5.74) is 9.78. The molecular weight excluding hydrogens is 711 g/mol. The van der Waals surface area contributed by atoms with E-state index in [0.717, 1.165) is 50.1 Å². The molecule has 2 heterocycles. The number of furan rings is 1. The first kappa shape index (κ1) is 32.1. The van der Waals surface area contributed by atoms with Crippen LogP contribution in [0.3, 0.4) is 0 Å². The second-order valence-corrected chi connectivity index (χ2v) is 15.8. The van der Waals surface area contributed by atoms with Crippen molar-refractivity contribution in [1.82, 2.24) is 0 Å².